The number of hydrogen-bond donors (Lipinski definition) is 3. The highest BCUT2D eigenvalue weighted by atomic mass is 32.1. The van der Waals surface area contributed by atoms with E-state index in [-0.39, 0.29) is 36.1 Å². The van der Waals surface area contributed by atoms with Gasteiger partial charge in [0.25, 0.3) is 11.8 Å². The van der Waals surface area contributed by atoms with E-state index in [2.05, 4.69) is 21.7 Å². The molecule has 2 fully saturated rings. The van der Waals surface area contributed by atoms with E-state index >= 15 is 0 Å². The van der Waals surface area contributed by atoms with E-state index in [1.165, 1.54) is 23.6 Å². The second-order valence-electron chi connectivity index (χ2n) is 11.6. The Morgan fingerprint density at radius 3 is 2.82 bits per heavy atom. The SMILES string of the molecule is C[C@@H](CO)NCc1ccc2c(c1)nc(NC(=O)c1ccc(-c3ccnc(F)c3)s1)n2C[C@H]1CCCN1C(=O)/C(C#N)=C\C1CC1. The molecule has 2 amide bonds. The van der Waals surface area contributed by atoms with Crippen LogP contribution in [-0.2, 0) is 17.9 Å². The molecule has 4 heterocycles. The summed E-state index contributed by atoms with van der Waals surface area (Å²) in [5.41, 5.74) is 3.29. The molecule has 3 aromatic heterocycles. The summed E-state index contributed by atoms with van der Waals surface area (Å²) in [7, 11) is 0. The third kappa shape index (κ3) is 6.96. The number of pyridine rings is 1. The number of likely N-dealkylation sites (tertiary alicyclic amines) is 1. The highest BCUT2D eigenvalue weighted by Gasteiger charge is 2.33. The van der Waals surface area contributed by atoms with Crippen LogP contribution in [0.15, 0.2) is 60.3 Å². The van der Waals surface area contributed by atoms with E-state index in [0.717, 1.165) is 41.6 Å². The van der Waals surface area contributed by atoms with Crippen molar-refractivity contribution >= 4 is 40.1 Å². The normalized spacial score (nSPS) is 17.4. The van der Waals surface area contributed by atoms with Gasteiger partial charge in [-0.2, -0.15) is 9.65 Å². The van der Waals surface area contributed by atoms with Gasteiger partial charge in [-0.3, -0.25) is 14.9 Å². The van der Waals surface area contributed by atoms with Crippen LogP contribution in [0.5, 0.6) is 0 Å². The van der Waals surface area contributed by atoms with Crippen molar-refractivity contribution < 1.29 is 19.1 Å². The molecule has 45 heavy (non-hydrogen) atoms. The van der Waals surface area contributed by atoms with Crippen LogP contribution < -0.4 is 10.6 Å². The molecule has 4 aromatic rings. The number of aliphatic hydroxyl groups excluding tert-OH is 1. The summed E-state index contributed by atoms with van der Waals surface area (Å²) < 4.78 is 15.6. The number of nitrogens with one attached hydrogen (secondary N) is 2. The number of aromatic nitrogens is 3. The Morgan fingerprint density at radius 2 is 2.07 bits per heavy atom. The van der Waals surface area contributed by atoms with Gasteiger partial charge < -0.3 is 19.9 Å². The molecule has 1 saturated heterocycles. The number of aliphatic hydroxyl groups is 1. The molecule has 1 aromatic carbocycles. The van der Waals surface area contributed by atoms with Crippen LogP contribution in [0, 0.1) is 23.2 Å². The minimum atomic E-state index is -0.592. The summed E-state index contributed by atoms with van der Waals surface area (Å²) in [4.78, 5) is 38.3. The second kappa shape index (κ2) is 13.3. The summed E-state index contributed by atoms with van der Waals surface area (Å²) in [6.07, 6.45) is 6.79. The number of nitrogens with zero attached hydrogens (tertiary/aromatic N) is 5. The van der Waals surface area contributed by atoms with Crippen molar-refractivity contribution in [1.82, 2.24) is 24.8 Å². The third-order valence-electron chi connectivity index (χ3n) is 8.21. The summed E-state index contributed by atoms with van der Waals surface area (Å²) >= 11 is 1.24. The number of nitriles is 1. The lowest BCUT2D eigenvalue weighted by Crippen LogP contribution is -2.39. The molecule has 1 aliphatic heterocycles. The van der Waals surface area contributed by atoms with E-state index in [1.54, 1.807) is 29.2 Å². The largest absolute Gasteiger partial charge is 0.395 e. The van der Waals surface area contributed by atoms with Crippen molar-refractivity contribution in [1.29, 1.82) is 5.26 Å². The smallest absolute Gasteiger partial charge is 0.268 e. The molecule has 0 spiro atoms. The van der Waals surface area contributed by atoms with Crippen LogP contribution in [0.25, 0.3) is 21.5 Å². The van der Waals surface area contributed by atoms with Gasteiger partial charge in [0.15, 0.2) is 0 Å². The Bertz CT molecular complexity index is 1810. The van der Waals surface area contributed by atoms with Gasteiger partial charge in [0, 0.05) is 42.8 Å². The van der Waals surface area contributed by atoms with Crippen LogP contribution in [0.2, 0.25) is 0 Å². The standard InChI is InChI=1S/C33H34FN7O3S/c1-20(19-42)37-17-22-6-7-27-26(14-22)38-33(39-31(43)29-9-8-28(45-29)23-10-11-36-30(34)15-23)41(27)18-25-3-2-12-40(25)32(44)24(16-35)13-21-4-5-21/h6-11,13-15,20-21,25,37,42H,2-5,12,17-19H2,1H3,(H,38,39,43)/b24-13-/t20-,25+/m0/s1. The highest BCUT2D eigenvalue weighted by molar-refractivity contribution is 7.17. The zero-order valence-electron chi connectivity index (χ0n) is 24.9. The molecule has 2 aliphatic rings. The van der Waals surface area contributed by atoms with Gasteiger partial charge in [0.2, 0.25) is 11.9 Å². The number of benzene rings is 1. The van der Waals surface area contributed by atoms with E-state index in [4.69, 9.17) is 4.98 Å². The minimum absolute atomic E-state index is 0.0214. The van der Waals surface area contributed by atoms with E-state index in [1.807, 2.05) is 29.7 Å². The average Bonchev–Trinajstić information content (AvgIpc) is 3.39. The van der Waals surface area contributed by atoms with Crippen LogP contribution in [-0.4, -0.2) is 61.6 Å². The maximum Gasteiger partial charge on any atom is 0.268 e. The van der Waals surface area contributed by atoms with Crippen LogP contribution in [0.4, 0.5) is 10.3 Å². The zero-order chi connectivity index (χ0) is 31.5. The van der Waals surface area contributed by atoms with Crippen molar-refractivity contribution in [2.45, 2.75) is 57.8 Å². The maximum atomic E-state index is 13.7. The monoisotopic (exact) mass is 627 g/mol. The lowest BCUT2D eigenvalue weighted by molar-refractivity contribution is -0.127. The molecule has 0 bridgehead atoms. The summed E-state index contributed by atoms with van der Waals surface area (Å²) in [6.45, 7) is 3.41. The van der Waals surface area contributed by atoms with E-state index in [9.17, 15) is 24.3 Å². The first-order valence-corrected chi connectivity index (χ1v) is 15.9. The van der Waals surface area contributed by atoms with Gasteiger partial charge in [-0.1, -0.05) is 12.1 Å². The molecule has 232 valence electrons. The number of rotatable bonds is 11. The molecular weight excluding hydrogens is 593 g/mol. The summed E-state index contributed by atoms with van der Waals surface area (Å²) in [5.74, 6) is -0.530. The predicted octanol–water partition coefficient (Wildman–Crippen LogP) is 4.87. The number of amides is 2. The van der Waals surface area contributed by atoms with Crippen LogP contribution >= 0.6 is 11.3 Å². The van der Waals surface area contributed by atoms with E-state index in [0.29, 0.717) is 47.5 Å². The van der Waals surface area contributed by atoms with E-state index < -0.39 is 5.95 Å². The summed E-state index contributed by atoms with van der Waals surface area (Å²) in [5, 5.41) is 25.3. The molecule has 2 atom stereocenters. The Balaban J connectivity index is 1.29. The summed E-state index contributed by atoms with van der Waals surface area (Å²) in [6, 6.07) is 14.2. The molecule has 1 saturated carbocycles. The quantitative estimate of drug-likeness (QED) is 0.123. The first-order chi connectivity index (χ1) is 21.8. The molecule has 12 heteroatoms. The maximum absolute atomic E-state index is 13.7. The fourth-order valence-electron chi connectivity index (χ4n) is 5.57. The van der Waals surface area contributed by atoms with Crippen molar-refractivity contribution in [3.63, 3.8) is 0 Å². The molecule has 1 aliphatic carbocycles. The van der Waals surface area contributed by atoms with Gasteiger partial charge in [-0.25, -0.2) is 9.97 Å². The molecule has 10 nitrogen and oxygen atoms in total. The Morgan fingerprint density at radius 1 is 1.22 bits per heavy atom. The second-order valence-corrected chi connectivity index (χ2v) is 12.7. The fourth-order valence-corrected chi connectivity index (χ4v) is 6.47. The number of carbonyl (C=O) groups excluding carboxylic acids is 2. The number of thiophene rings is 1. The third-order valence-corrected chi connectivity index (χ3v) is 9.35. The van der Waals surface area contributed by atoms with Crippen LogP contribution in [0.1, 0.15) is 47.8 Å². The number of hydrogen-bond acceptors (Lipinski definition) is 8. The van der Waals surface area contributed by atoms with Gasteiger partial charge in [0.05, 0.1) is 28.6 Å². The Hall–Kier alpha value is -4.44. The Kier molecular flexibility index (Phi) is 9.02. The van der Waals surface area contributed by atoms with Crippen molar-refractivity contribution in [3.8, 4) is 16.5 Å². The van der Waals surface area contributed by atoms with Gasteiger partial charge in [0.1, 0.15) is 11.6 Å². The topological polar surface area (TPSA) is 136 Å². The molecule has 6 rings (SSSR count). The first kappa shape index (κ1) is 30.6. The number of imidazole rings is 1. The first-order valence-electron chi connectivity index (χ1n) is 15.1. The predicted molar refractivity (Wildman–Crippen MR) is 170 cm³/mol. The zero-order valence-corrected chi connectivity index (χ0v) is 25.7. The Labute approximate surface area is 264 Å². The molecular formula is C33H34FN7O3S. The average molecular weight is 628 g/mol. The highest BCUT2D eigenvalue weighted by Crippen LogP contribution is 2.33. The number of allylic oxidation sites excluding steroid dienone is 1. The van der Waals surface area contributed by atoms with Crippen molar-refractivity contribution in [2.24, 2.45) is 5.92 Å². The lowest BCUT2D eigenvalue weighted by atomic mass is 10.1. The van der Waals surface area contributed by atoms with Crippen LogP contribution in [0.3, 0.4) is 0 Å². The van der Waals surface area contributed by atoms with Crippen molar-refractivity contribution in [2.75, 3.05) is 18.5 Å². The minimum Gasteiger partial charge on any atom is -0.395 e. The fraction of sp³-hybridized carbons (Fsp3) is 0.364. The molecule has 0 unspecified atom stereocenters. The molecule has 0 radical (unpaired) electrons. The lowest BCUT2D eigenvalue weighted by Gasteiger charge is -2.26. The van der Waals surface area contributed by atoms with Gasteiger partial charge in [-0.05, 0) is 80.0 Å². The number of fused-ring (bicyclic) bond motifs is 1. The van der Waals surface area contributed by atoms with Crippen molar-refractivity contribution in [3.05, 3.63) is 76.7 Å². The molecule has 3 N–H and O–H groups in total. The number of anilines is 1. The number of carbonyl (C=O) groups is 2. The van der Waals surface area contributed by atoms with Gasteiger partial charge in [-0.15, -0.1) is 11.3 Å². The van der Waals surface area contributed by atoms with Gasteiger partial charge >= 0.3 is 0 Å². The number of halogens is 1.